The molecular formula is C14H18N4O2. The van der Waals surface area contributed by atoms with Crippen molar-refractivity contribution >= 4 is 5.69 Å². The molecule has 6 nitrogen and oxygen atoms in total. The second kappa shape index (κ2) is 6.21. The summed E-state index contributed by atoms with van der Waals surface area (Å²) in [4.78, 5) is 8.29. The lowest BCUT2D eigenvalue weighted by atomic mass is 10.1. The van der Waals surface area contributed by atoms with Crippen LogP contribution in [0.4, 0.5) is 5.69 Å². The number of hydrogen-bond acceptors (Lipinski definition) is 6. The first-order valence-electron chi connectivity index (χ1n) is 6.17. The van der Waals surface area contributed by atoms with E-state index in [1.807, 2.05) is 25.1 Å². The Balaban J connectivity index is 2.24. The summed E-state index contributed by atoms with van der Waals surface area (Å²) in [5.41, 5.74) is 2.51. The van der Waals surface area contributed by atoms with E-state index in [9.17, 15) is 0 Å². The van der Waals surface area contributed by atoms with Crippen LogP contribution in [0.5, 0.6) is 11.6 Å². The SMILES string of the molecule is COc1cccc(N(C)N)c1COc1cncc(C)n1. The molecule has 6 heteroatoms. The van der Waals surface area contributed by atoms with Crippen LogP contribution in [0.2, 0.25) is 0 Å². The van der Waals surface area contributed by atoms with Gasteiger partial charge in [0.25, 0.3) is 0 Å². The Hall–Kier alpha value is -2.34. The van der Waals surface area contributed by atoms with E-state index in [0.717, 1.165) is 22.7 Å². The number of hydrogen-bond donors (Lipinski definition) is 1. The normalized spacial score (nSPS) is 10.2. The highest BCUT2D eigenvalue weighted by Gasteiger charge is 2.12. The molecule has 106 valence electrons. The zero-order valence-corrected chi connectivity index (χ0v) is 11.8. The molecule has 2 aromatic rings. The molecule has 0 saturated heterocycles. The van der Waals surface area contributed by atoms with Crippen molar-refractivity contribution in [3.05, 3.63) is 41.9 Å². The summed E-state index contributed by atoms with van der Waals surface area (Å²) >= 11 is 0. The second-order valence-electron chi connectivity index (χ2n) is 4.36. The number of aromatic nitrogens is 2. The average molecular weight is 274 g/mol. The minimum atomic E-state index is 0.305. The minimum absolute atomic E-state index is 0.305. The third-order valence-electron chi connectivity index (χ3n) is 2.81. The van der Waals surface area contributed by atoms with Gasteiger partial charge in [0.1, 0.15) is 12.4 Å². The van der Waals surface area contributed by atoms with Gasteiger partial charge in [0.2, 0.25) is 5.88 Å². The summed E-state index contributed by atoms with van der Waals surface area (Å²) in [5.74, 6) is 7.02. The van der Waals surface area contributed by atoms with Crippen molar-refractivity contribution in [2.75, 3.05) is 19.2 Å². The van der Waals surface area contributed by atoms with E-state index in [2.05, 4.69) is 9.97 Å². The summed E-state index contributed by atoms with van der Waals surface area (Å²) in [6.07, 6.45) is 3.25. The molecule has 0 atom stereocenters. The van der Waals surface area contributed by atoms with Crippen LogP contribution in [-0.2, 0) is 6.61 Å². The van der Waals surface area contributed by atoms with E-state index in [0.29, 0.717) is 12.5 Å². The van der Waals surface area contributed by atoms with Gasteiger partial charge in [-0.25, -0.2) is 10.8 Å². The maximum Gasteiger partial charge on any atom is 0.232 e. The molecule has 0 amide bonds. The van der Waals surface area contributed by atoms with Crippen molar-refractivity contribution in [3.63, 3.8) is 0 Å². The molecule has 0 aliphatic carbocycles. The fraction of sp³-hybridized carbons (Fsp3) is 0.286. The summed E-state index contributed by atoms with van der Waals surface area (Å²) in [6, 6.07) is 5.66. The maximum atomic E-state index is 5.83. The first-order chi connectivity index (χ1) is 9.61. The van der Waals surface area contributed by atoms with Gasteiger partial charge in [-0.2, -0.15) is 0 Å². The number of benzene rings is 1. The van der Waals surface area contributed by atoms with Crippen molar-refractivity contribution in [1.82, 2.24) is 9.97 Å². The van der Waals surface area contributed by atoms with Gasteiger partial charge in [0.15, 0.2) is 0 Å². The van der Waals surface area contributed by atoms with Crippen molar-refractivity contribution in [3.8, 4) is 11.6 Å². The summed E-state index contributed by atoms with van der Waals surface area (Å²) in [6.45, 7) is 2.17. The Morgan fingerprint density at radius 1 is 1.30 bits per heavy atom. The number of ether oxygens (including phenoxy) is 2. The molecule has 20 heavy (non-hydrogen) atoms. The smallest absolute Gasteiger partial charge is 0.232 e. The van der Waals surface area contributed by atoms with Gasteiger partial charge in [0, 0.05) is 13.2 Å². The van der Waals surface area contributed by atoms with E-state index < -0.39 is 0 Å². The molecule has 0 aliphatic rings. The number of nitrogens with zero attached hydrogens (tertiary/aromatic N) is 3. The molecular weight excluding hydrogens is 256 g/mol. The van der Waals surface area contributed by atoms with Crippen molar-refractivity contribution in [1.29, 1.82) is 0 Å². The fourth-order valence-corrected chi connectivity index (χ4v) is 1.88. The quantitative estimate of drug-likeness (QED) is 0.660. The van der Waals surface area contributed by atoms with E-state index in [1.54, 1.807) is 26.6 Å². The monoisotopic (exact) mass is 274 g/mol. The van der Waals surface area contributed by atoms with Crippen LogP contribution in [0.3, 0.4) is 0 Å². The largest absolute Gasteiger partial charge is 0.496 e. The molecule has 0 fully saturated rings. The van der Waals surface area contributed by atoms with Crippen molar-refractivity contribution < 1.29 is 9.47 Å². The van der Waals surface area contributed by atoms with E-state index in [4.69, 9.17) is 15.3 Å². The number of aryl methyl sites for hydroxylation is 1. The summed E-state index contributed by atoms with van der Waals surface area (Å²) in [7, 11) is 3.39. The Bertz CT molecular complexity index is 587. The van der Waals surface area contributed by atoms with Crippen LogP contribution in [0, 0.1) is 6.92 Å². The maximum absolute atomic E-state index is 5.83. The number of methoxy groups -OCH3 is 1. The molecule has 2 rings (SSSR count). The zero-order chi connectivity index (χ0) is 14.5. The van der Waals surface area contributed by atoms with Gasteiger partial charge >= 0.3 is 0 Å². The van der Waals surface area contributed by atoms with Crippen LogP contribution in [-0.4, -0.2) is 24.1 Å². The number of hydrazine groups is 1. The topological polar surface area (TPSA) is 73.5 Å². The molecule has 1 heterocycles. The van der Waals surface area contributed by atoms with Gasteiger partial charge in [0.05, 0.1) is 30.3 Å². The first kappa shape index (κ1) is 14.1. The third-order valence-corrected chi connectivity index (χ3v) is 2.81. The summed E-state index contributed by atoms with van der Waals surface area (Å²) in [5, 5.41) is 1.53. The molecule has 1 aromatic carbocycles. The highest BCUT2D eigenvalue weighted by atomic mass is 16.5. The van der Waals surface area contributed by atoms with E-state index in [-0.39, 0.29) is 0 Å². The predicted molar refractivity (Wildman–Crippen MR) is 76.7 cm³/mol. The number of nitrogens with two attached hydrogens (primary N) is 1. The molecule has 2 N–H and O–H groups in total. The van der Waals surface area contributed by atoms with Crippen LogP contribution >= 0.6 is 0 Å². The Morgan fingerprint density at radius 2 is 2.10 bits per heavy atom. The van der Waals surface area contributed by atoms with E-state index >= 15 is 0 Å². The Kier molecular flexibility index (Phi) is 4.37. The minimum Gasteiger partial charge on any atom is -0.496 e. The van der Waals surface area contributed by atoms with Gasteiger partial charge < -0.3 is 14.5 Å². The second-order valence-corrected chi connectivity index (χ2v) is 4.36. The van der Waals surface area contributed by atoms with Gasteiger partial charge in [-0.3, -0.25) is 4.98 Å². The number of rotatable bonds is 5. The van der Waals surface area contributed by atoms with Crippen LogP contribution in [0.1, 0.15) is 11.3 Å². The molecule has 0 unspecified atom stereocenters. The molecule has 0 saturated carbocycles. The molecule has 0 aliphatic heterocycles. The van der Waals surface area contributed by atoms with Crippen LogP contribution in [0.25, 0.3) is 0 Å². The standard InChI is InChI=1S/C14H18N4O2/c1-10-7-16-8-14(17-10)20-9-11-12(18(2)15)5-4-6-13(11)19-3/h4-8H,9,15H2,1-3H3. The van der Waals surface area contributed by atoms with Crippen LogP contribution in [0.15, 0.2) is 30.6 Å². The van der Waals surface area contributed by atoms with Crippen molar-refractivity contribution in [2.24, 2.45) is 5.84 Å². The lowest BCUT2D eigenvalue weighted by Gasteiger charge is -2.19. The molecule has 0 bridgehead atoms. The zero-order valence-electron chi connectivity index (χ0n) is 11.8. The fourth-order valence-electron chi connectivity index (χ4n) is 1.88. The molecule has 0 radical (unpaired) electrons. The lowest BCUT2D eigenvalue weighted by Crippen LogP contribution is -2.26. The lowest BCUT2D eigenvalue weighted by molar-refractivity contribution is 0.284. The van der Waals surface area contributed by atoms with Gasteiger partial charge in [-0.1, -0.05) is 6.07 Å². The predicted octanol–water partition coefficient (Wildman–Crippen LogP) is 1.68. The first-order valence-corrected chi connectivity index (χ1v) is 6.17. The third kappa shape index (κ3) is 3.16. The van der Waals surface area contributed by atoms with Gasteiger partial charge in [-0.05, 0) is 19.1 Å². The average Bonchev–Trinajstić information content (AvgIpc) is 2.44. The Labute approximate surface area is 118 Å². The molecule has 1 aromatic heterocycles. The van der Waals surface area contributed by atoms with Gasteiger partial charge in [-0.15, -0.1) is 0 Å². The summed E-state index contributed by atoms with van der Waals surface area (Å²) < 4.78 is 11.0. The van der Waals surface area contributed by atoms with E-state index in [1.165, 1.54) is 5.01 Å². The highest BCUT2D eigenvalue weighted by Crippen LogP contribution is 2.28. The highest BCUT2D eigenvalue weighted by molar-refractivity contribution is 5.58. The number of anilines is 1. The van der Waals surface area contributed by atoms with Crippen molar-refractivity contribution in [2.45, 2.75) is 13.5 Å². The Morgan fingerprint density at radius 3 is 2.75 bits per heavy atom. The molecule has 0 spiro atoms. The van der Waals surface area contributed by atoms with Crippen LogP contribution < -0.4 is 20.3 Å².